The van der Waals surface area contributed by atoms with Gasteiger partial charge in [0.25, 0.3) is 11.8 Å². The number of rotatable bonds is 9. The Kier molecular flexibility index (Phi) is 13.1. The van der Waals surface area contributed by atoms with E-state index in [-0.39, 0.29) is 38.3 Å². The molecule has 4 atom stereocenters. The standard InChI is InChI=1S/C47H60FN7O7/c1-8-54-39-12-11-30-22-34(39)35(41(54)36-24-49-15-13-31(36)25-61-7)23-46(4,5)27-62-44(59)37-10-9-17-55(52-37)43(58)38(20-29-18-32(30)21-33(56)19-29)51-42(57)40(28(2)3)53(6)45(60)47(48)14-16-50-26-47/h11-13,15,18-19,21-22,24,28,37-38,40,50,52,56H,8-10,14,16-17,20,23,25-27H2,1-7H3,(H,51,57)/t37-,38-,40-,47+/m0/s1. The van der Waals surface area contributed by atoms with E-state index in [2.05, 4.69) is 58.5 Å². The smallest absolute Gasteiger partial charge is 0.324 e. The number of cyclic esters (lactones) is 1. The Balaban J connectivity index is 1.34. The molecule has 0 unspecified atom stereocenters. The number of aromatic hydroxyl groups is 1. The van der Waals surface area contributed by atoms with Crippen molar-refractivity contribution in [2.45, 2.75) is 104 Å². The number of alkyl halides is 1. The van der Waals surface area contributed by atoms with Crippen LogP contribution in [-0.4, -0.2) is 112 Å². The van der Waals surface area contributed by atoms with Crippen molar-refractivity contribution in [3.05, 3.63) is 71.5 Å². The molecule has 0 aliphatic carbocycles. The second-order valence-corrected chi connectivity index (χ2v) is 18.2. The highest BCUT2D eigenvalue weighted by molar-refractivity contribution is 5.96. The van der Waals surface area contributed by atoms with E-state index in [1.807, 2.05) is 24.4 Å². The largest absolute Gasteiger partial charge is 0.508 e. The Morgan fingerprint density at radius 3 is 2.65 bits per heavy atom. The van der Waals surface area contributed by atoms with Crippen molar-refractivity contribution in [2.24, 2.45) is 11.3 Å². The lowest BCUT2D eigenvalue weighted by Gasteiger charge is -2.37. The van der Waals surface area contributed by atoms with Gasteiger partial charge < -0.3 is 34.7 Å². The number of pyridine rings is 1. The van der Waals surface area contributed by atoms with E-state index in [1.165, 1.54) is 12.1 Å². The van der Waals surface area contributed by atoms with Gasteiger partial charge in [0, 0.05) is 80.9 Å². The fourth-order valence-corrected chi connectivity index (χ4v) is 9.40. The number of nitrogens with one attached hydrogen (secondary N) is 3. The first kappa shape index (κ1) is 44.7. The van der Waals surface area contributed by atoms with Crippen LogP contribution < -0.4 is 16.1 Å². The van der Waals surface area contributed by atoms with Gasteiger partial charge in [0.15, 0.2) is 0 Å². The molecule has 2 saturated heterocycles. The lowest BCUT2D eigenvalue weighted by molar-refractivity contribution is -0.155. The second-order valence-electron chi connectivity index (χ2n) is 18.2. The maximum atomic E-state index is 15.7. The lowest BCUT2D eigenvalue weighted by Crippen LogP contribution is -2.62. The second kappa shape index (κ2) is 18.1. The number of fused-ring (bicyclic) bond motifs is 6. The third-order valence-corrected chi connectivity index (χ3v) is 12.4. The number of amides is 3. The van der Waals surface area contributed by atoms with Gasteiger partial charge >= 0.3 is 5.97 Å². The predicted octanol–water partition coefficient (Wildman–Crippen LogP) is 5.08. The van der Waals surface area contributed by atoms with Crippen LogP contribution in [0.5, 0.6) is 5.75 Å². The number of likely N-dealkylation sites (N-methyl/N-ethyl adjacent to an activating group) is 1. The molecule has 2 aromatic carbocycles. The molecule has 7 rings (SSSR count). The van der Waals surface area contributed by atoms with Crippen LogP contribution >= 0.6 is 0 Å². The average Bonchev–Trinajstić information content (AvgIpc) is 3.82. The fourth-order valence-electron chi connectivity index (χ4n) is 9.40. The zero-order valence-corrected chi connectivity index (χ0v) is 36.8. The molecule has 6 bridgehead atoms. The summed E-state index contributed by atoms with van der Waals surface area (Å²) in [6, 6.07) is 10.2. The zero-order chi connectivity index (χ0) is 44.5. The van der Waals surface area contributed by atoms with E-state index in [4.69, 9.17) is 9.47 Å². The molecule has 2 fully saturated rings. The number of phenols is 1. The number of benzene rings is 2. The van der Waals surface area contributed by atoms with E-state index in [0.29, 0.717) is 50.1 Å². The minimum absolute atomic E-state index is 0.00898. The van der Waals surface area contributed by atoms with Crippen LogP contribution in [-0.2, 0) is 54.6 Å². The van der Waals surface area contributed by atoms with Gasteiger partial charge in [0.2, 0.25) is 11.6 Å². The molecule has 4 N–H and O–H groups in total. The molecule has 3 aliphatic heterocycles. The topological polar surface area (TPSA) is 167 Å². The SMILES string of the molecule is CCn1c(-c2cnccc2COC)c2c3cc(ccc31)-c1cc(O)cc(c1)C[C@H](NC(=O)[C@H](C(C)C)N(C)C(=O)[C@@]1(F)CCNC1)C(=O)N1CCC[C@H](N1)C(=O)OCC(C)(C)C2. The first-order valence-corrected chi connectivity index (χ1v) is 21.7. The summed E-state index contributed by atoms with van der Waals surface area (Å²) >= 11 is 0. The molecule has 3 amide bonds. The maximum absolute atomic E-state index is 15.7. The van der Waals surface area contributed by atoms with Gasteiger partial charge in [0.05, 0.1) is 18.9 Å². The highest BCUT2D eigenvalue weighted by Crippen LogP contribution is 2.41. The van der Waals surface area contributed by atoms with Gasteiger partial charge in [-0.25, -0.2) is 9.82 Å². The van der Waals surface area contributed by atoms with Gasteiger partial charge in [-0.2, -0.15) is 0 Å². The molecule has 4 aromatic rings. The van der Waals surface area contributed by atoms with Crippen molar-refractivity contribution in [1.29, 1.82) is 0 Å². The van der Waals surface area contributed by atoms with Crippen molar-refractivity contribution >= 4 is 34.6 Å². The van der Waals surface area contributed by atoms with E-state index in [0.717, 1.165) is 43.8 Å². The highest BCUT2D eigenvalue weighted by atomic mass is 19.1. The number of hydrazine groups is 1. The number of halogens is 1. The summed E-state index contributed by atoms with van der Waals surface area (Å²) in [5.74, 6) is -2.90. The van der Waals surface area contributed by atoms with Crippen LogP contribution in [0.1, 0.15) is 70.6 Å². The third-order valence-electron chi connectivity index (χ3n) is 12.4. The Labute approximate surface area is 362 Å². The normalized spacial score (nSPS) is 22.3. The summed E-state index contributed by atoms with van der Waals surface area (Å²) in [4.78, 5) is 61.9. The number of methoxy groups -OCH3 is 1. The molecule has 14 nitrogen and oxygen atoms in total. The summed E-state index contributed by atoms with van der Waals surface area (Å²) in [5.41, 5.74) is 7.45. The maximum Gasteiger partial charge on any atom is 0.324 e. The molecule has 0 saturated carbocycles. The van der Waals surface area contributed by atoms with Crippen LogP contribution in [0.15, 0.2) is 54.9 Å². The van der Waals surface area contributed by atoms with Crippen molar-refractivity contribution in [1.82, 2.24) is 35.5 Å². The zero-order valence-electron chi connectivity index (χ0n) is 36.8. The minimum Gasteiger partial charge on any atom is -0.508 e. The molecule has 5 heterocycles. The Bertz CT molecular complexity index is 2340. The van der Waals surface area contributed by atoms with Crippen molar-refractivity contribution in [2.75, 3.05) is 40.4 Å². The van der Waals surface area contributed by atoms with Crippen LogP contribution in [0, 0.1) is 11.3 Å². The van der Waals surface area contributed by atoms with Gasteiger partial charge in [-0.1, -0.05) is 39.8 Å². The Hall–Kier alpha value is -5.38. The lowest BCUT2D eigenvalue weighted by atomic mass is 9.84. The number of esters is 1. The van der Waals surface area contributed by atoms with Crippen LogP contribution in [0.4, 0.5) is 4.39 Å². The number of nitrogens with zero attached hydrogens (tertiary/aromatic N) is 4. The molecule has 3 aliphatic rings. The molecule has 0 spiro atoms. The van der Waals surface area contributed by atoms with Crippen LogP contribution in [0.2, 0.25) is 0 Å². The first-order chi connectivity index (χ1) is 29.5. The number of carbonyl (C=O) groups excluding carboxylic acids is 4. The molecular weight excluding hydrogens is 794 g/mol. The molecule has 0 radical (unpaired) electrons. The Morgan fingerprint density at radius 2 is 1.94 bits per heavy atom. The molecule has 332 valence electrons. The van der Waals surface area contributed by atoms with E-state index in [9.17, 15) is 24.3 Å². The monoisotopic (exact) mass is 853 g/mol. The number of hydrogen-bond donors (Lipinski definition) is 4. The van der Waals surface area contributed by atoms with Gasteiger partial charge in [-0.3, -0.25) is 29.2 Å². The molecule has 62 heavy (non-hydrogen) atoms. The van der Waals surface area contributed by atoms with Crippen LogP contribution in [0.25, 0.3) is 33.3 Å². The Morgan fingerprint density at radius 1 is 1.15 bits per heavy atom. The summed E-state index contributed by atoms with van der Waals surface area (Å²) in [5, 5.41) is 19.4. The number of aromatic nitrogens is 2. The van der Waals surface area contributed by atoms with Gasteiger partial charge in [-0.05, 0) is 96.8 Å². The summed E-state index contributed by atoms with van der Waals surface area (Å²) < 4.78 is 29.7. The van der Waals surface area contributed by atoms with Crippen molar-refractivity contribution in [3.8, 4) is 28.1 Å². The minimum atomic E-state index is -2.15. The predicted molar refractivity (Wildman–Crippen MR) is 233 cm³/mol. The third kappa shape index (κ3) is 9.06. The summed E-state index contributed by atoms with van der Waals surface area (Å²) in [7, 11) is 3.08. The average molecular weight is 854 g/mol. The molecule has 2 aromatic heterocycles. The van der Waals surface area contributed by atoms with E-state index >= 15 is 4.39 Å². The van der Waals surface area contributed by atoms with Crippen molar-refractivity contribution in [3.63, 3.8) is 0 Å². The number of hydrogen-bond acceptors (Lipinski definition) is 10. The number of ether oxygens (including phenoxy) is 2. The fraction of sp³-hybridized carbons (Fsp3) is 0.511. The van der Waals surface area contributed by atoms with E-state index in [1.54, 1.807) is 39.3 Å². The van der Waals surface area contributed by atoms with Gasteiger partial charge in [0.1, 0.15) is 23.9 Å². The van der Waals surface area contributed by atoms with Crippen LogP contribution in [0.3, 0.4) is 0 Å². The molecule has 15 heteroatoms. The number of phenolic OH excluding ortho intramolecular Hbond substituents is 1. The summed E-state index contributed by atoms with van der Waals surface area (Å²) in [6.45, 7) is 11.4. The van der Waals surface area contributed by atoms with E-state index < -0.39 is 58.8 Å². The molecular formula is C47H60FN7O7. The van der Waals surface area contributed by atoms with Crippen molar-refractivity contribution < 1.29 is 38.1 Å². The highest BCUT2D eigenvalue weighted by Gasteiger charge is 2.47. The summed E-state index contributed by atoms with van der Waals surface area (Å²) in [6.07, 6.45) is 5.04. The first-order valence-electron chi connectivity index (χ1n) is 21.7. The van der Waals surface area contributed by atoms with Gasteiger partial charge in [-0.15, -0.1) is 0 Å². The quantitative estimate of drug-likeness (QED) is 0.167. The number of carbonyl (C=O) groups is 4. The number of aryl methyl sites for hydroxylation is 1.